The van der Waals surface area contributed by atoms with E-state index in [4.69, 9.17) is 0 Å². The molecule has 0 saturated carbocycles. The summed E-state index contributed by atoms with van der Waals surface area (Å²) in [6, 6.07) is 1.86. The Morgan fingerprint density at radius 3 is 2.76 bits per heavy atom. The van der Waals surface area contributed by atoms with Crippen molar-refractivity contribution in [1.82, 2.24) is 14.9 Å². The molecule has 1 radical (unpaired) electrons. The van der Waals surface area contributed by atoms with E-state index in [0.29, 0.717) is 12.1 Å². The van der Waals surface area contributed by atoms with Crippen LogP contribution in [0.1, 0.15) is 18.5 Å². The number of rotatable bonds is 3. The van der Waals surface area contributed by atoms with Gasteiger partial charge in [0.2, 0.25) is 0 Å². The van der Waals surface area contributed by atoms with Crippen LogP contribution >= 0.6 is 0 Å². The molecule has 1 saturated heterocycles. The predicted molar refractivity (Wildman–Crippen MR) is 76.0 cm³/mol. The Balaban J connectivity index is 1.85. The van der Waals surface area contributed by atoms with Crippen LogP contribution in [-0.4, -0.2) is 34.5 Å². The molecule has 0 amide bonds. The van der Waals surface area contributed by atoms with Crippen molar-refractivity contribution in [2.45, 2.75) is 19.3 Å². The molecule has 1 aliphatic heterocycles. The summed E-state index contributed by atoms with van der Waals surface area (Å²) in [5, 5.41) is 0. The fourth-order valence-corrected chi connectivity index (χ4v) is 2.62. The summed E-state index contributed by atoms with van der Waals surface area (Å²) in [5.41, 5.74) is 0.0189. The Labute approximate surface area is 120 Å². The Hall–Kier alpha value is -1.82. The highest BCUT2D eigenvalue weighted by Gasteiger charge is 2.13. The summed E-state index contributed by atoms with van der Waals surface area (Å²) in [6.07, 6.45) is 4.81. The first-order valence-corrected chi connectivity index (χ1v) is 7.05. The number of halogens is 2. The highest BCUT2D eigenvalue weighted by molar-refractivity contribution is 5.74. The minimum absolute atomic E-state index is 0.0120. The predicted octanol–water partition coefficient (Wildman–Crippen LogP) is 2.04. The number of benzene rings is 1. The zero-order valence-electron chi connectivity index (χ0n) is 11.5. The van der Waals surface area contributed by atoms with Crippen LogP contribution in [-0.2, 0) is 6.42 Å². The van der Waals surface area contributed by atoms with Gasteiger partial charge in [-0.05, 0) is 38.4 Å². The number of H-pyrrole nitrogens is 1. The van der Waals surface area contributed by atoms with Gasteiger partial charge in [-0.25, -0.2) is 13.8 Å². The van der Waals surface area contributed by atoms with Crippen molar-refractivity contribution in [3.63, 3.8) is 0 Å². The standard InChI is InChI=1S/C15H16F2N3O/c16-10-8-11(17)14-13(9-10)19-15(21)12(18-14)4-7-20-5-2-1-3-6-20/h1,8-9H,2-7H2,(H,19,21). The van der Waals surface area contributed by atoms with Gasteiger partial charge in [0.1, 0.15) is 17.0 Å². The molecule has 3 rings (SSSR count). The van der Waals surface area contributed by atoms with Gasteiger partial charge < -0.3 is 9.88 Å². The largest absolute Gasteiger partial charge is 0.319 e. The molecule has 0 atom stereocenters. The first kappa shape index (κ1) is 14.1. The molecule has 1 fully saturated rings. The molecule has 4 nitrogen and oxygen atoms in total. The topological polar surface area (TPSA) is 49.0 Å². The maximum absolute atomic E-state index is 13.7. The van der Waals surface area contributed by atoms with Gasteiger partial charge in [-0.1, -0.05) is 0 Å². The molecule has 21 heavy (non-hydrogen) atoms. The Kier molecular flexibility index (Phi) is 3.96. The fourth-order valence-electron chi connectivity index (χ4n) is 2.62. The monoisotopic (exact) mass is 292 g/mol. The van der Waals surface area contributed by atoms with Gasteiger partial charge in [-0.3, -0.25) is 4.79 Å². The highest BCUT2D eigenvalue weighted by Crippen LogP contribution is 2.15. The molecule has 1 aromatic carbocycles. The Bertz CT molecular complexity index is 708. The van der Waals surface area contributed by atoms with Crippen LogP contribution in [0.25, 0.3) is 11.0 Å². The third kappa shape index (κ3) is 3.10. The minimum Gasteiger partial charge on any atom is -0.319 e. The van der Waals surface area contributed by atoms with Crippen molar-refractivity contribution >= 4 is 11.0 Å². The van der Waals surface area contributed by atoms with Crippen molar-refractivity contribution in [2.75, 3.05) is 19.6 Å². The summed E-state index contributed by atoms with van der Waals surface area (Å²) in [6.45, 7) is 2.67. The number of aromatic amines is 1. The Morgan fingerprint density at radius 1 is 1.24 bits per heavy atom. The molecular formula is C15H16F2N3O. The molecule has 1 aromatic heterocycles. The van der Waals surface area contributed by atoms with Crippen molar-refractivity contribution in [3.8, 4) is 0 Å². The maximum Gasteiger partial charge on any atom is 0.270 e. The molecular weight excluding hydrogens is 276 g/mol. The number of nitrogens with zero attached hydrogens (tertiary/aromatic N) is 2. The summed E-state index contributed by atoms with van der Waals surface area (Å²) in [5.74, 6) is -1.48. The number of fused-ring (bicyclic) bond motifs is 1. The summed E-state index contributed by atoms with van der Waals surface area (Å²) >= 11 is 0. The number of likely N-dealkylation sites (tertiary alicyclic amines) is 1. The zero-order valence-corrected chi connectivity index (χ0v) is 11.5. The second-order valence-electron chi connectivity index (χ2n) is 5.25. The average molecular weight is 292 g/mol. The van der Waals surface area contributed by atoms with Gasteiger partial charge in [0.05, 0.1) is 5.52 Å². The molecule has 1 aliphatic rings. The van der Waals surface area contributed by atoms with Crippen LogP contribution < -0.4 is 5.56 Å². The number of piperidine rings is 1. The maximum atomic E-state index is 13.7. The lowest BCUT2D eigenvalue weighted by molar-refractivity contribution is 0.256. The van der Waals surface area contributed by atoms with Gasteiger partial charge in [-0.2, -0.15) is 0 Å². The van der Waals surface area contributed by atoms with Gasteiger partial charge >= 0.3 is 0 Å². The molecule has 0 unspecified atom stereocenters. The van der Waals surface area contributed by atoms with E-state index in [1.54, 1.807) is 0 Å². The average Bonchev–Trinajstić information content (AvgIpc) is 2.46. The van der Waals surface area contributed by atoms with E-state index in [-0.39, 0.29) is 16.6 Å². The lowest BCUT2D eigenvalue weighted by Gasteiger charge is -2.25. The summed E-state index contributed by atoms with van der Waals surface area (Å²) in [4.78, 5) is 20.8. The molecule has 0 aliphatic carbocycles. The SMILES string of the molecule is O=c1[nH]c2cc(F)cc(F)c2nc1CCN1CC[CH]CC1. The zero-order chi connectivity index (χ0) is 14.8. The van der Waals surface area contributed by atoms with Crippen LogP contribution in [0.5, 0.6) is 0 Å². The van der Waals surface area contributed by atoms with Crippen molar-refractivity contribution in [1.29, 1.82) is 0 Å². The molecule has 2 aromatic rings. The van der Waals surface area contributed by atoms with Crippen molar-refractivity contribution < 1.29 is 8.78 Å². The number of hydrogen-bond donors (Lipinski definition) is 1. The lowest BCUT2D eigenvalue weighted by atomic mass is 10.1. The van der Waals surface area contributed by atoms with E-state index in [1.165, 1.54) is 0 Å². The molecule has 0 spiro atoms. The number of aromatic nitrogens is 2. The van der Waals surface area contributed by atoms with E-state index in [9.17, 15) is 13.6 Å². The summed E-state index contributed by atoms with van der Waals surface area (Å²) < 4.78 is 26.8. The van der Waals surface area contributed by atoms with Crippen molar-refractivity contribution in [2.24, 2.45) is 0 Å². The molecule has 1 N–H and O–H groups in total. The third-order valence-corrected chi connectivity index (χ3v) is 3.75. The highest BCUT2D eigenvalue weighted by atomic mass is 19.1. The van der Waals surface area contributed by atoms with Crippen molar-refractivity contribution in [3.05, 3.63) is 46.2 Å². The van der Waals surface area contributed by atoms with Crippen LogP contribution in [0.2, 0.25) is 0 Å². The normalized spacial score (nSPS) is 16.5. The molecule has 111 valence electrons. The van der Waals surface area contributed by atoms with Crippen LogP contribution in [0.3, 0.4) is 0 Å². The first-order chi connectivity index (χ1) is 10.1. The third-order valence-electron chi connectivity index (χ3n) is 3.75. The molecule has 0 bridgehead atoms. The minimum atomic E-state index is -0.755. The Morgan fingerprint density at radius 2 is 2.00 bits per heavy atom. The van der Waals surface area contributed by atoms with E-state index in [0.717, 1.165) is 44.6 Å². The van der Waals surface area contributed by atoms with Gasteiger partial charge in [0, 0.05) is 19.0 Å². The van der Waals surface area contributed by atoms with E-state index in [2.05, 4.69) is 21.3 Å². The van der Waals surface area contributed by atoms with Gasteiger partial charge in [0.25, 0.3) is 5.56 Å². The van der Waals surface area contributed by atoms with Crippen LogP contribution in [0, 0.1) is 18.1 Å². The first-order valence-electron chi connectivity index (χ1n) is 7.05. The molecule has 2 heterocycles. The van der Waals surface area contributed by atoms with Gasteiger partial charge in [-0.15, -0.1) is 0 Å². The van der Waals surface area contributed by atoms with E-state index < -0.39 is 11.6 Å². The second kappa shape index (κ2) is 5.89. The van der Waals surface area contributed by atoms with E-state index in [1.807, 2.05) is 0 Å². The summed E-state index contributed by atoms with van der Waals surface area (Å²) in [7, 11) is 0. The van der Waals surface area contributed by atoms with Gasteiger partial charge in [0.15, 0.2) is 5.82 Å². The lowest BCUT2D eigenvalue weighted by Crippen LogP contribution is -2.33. The van der Waals surface area contributed by atoms with Crippen LogP contribution in [0.4, 0.5) is 8.78 Å². The fraction of sp³-hybridized carbons (Fsp3) is 0.400. The quantitative estimate of drug-likeness (QED) is 0.942. The van der Waals surface area contributed by atoms with E-state index >= 15 is 0 Å². The smallest absolute Gasteiger partial charge is 0.270 e. The second-order valence-corrected chi connectivity index (χ2v) is 5.25. The molecule has 6 heteroatoms. The number of nitrogens with one attached hydrogen (secondary N) is 1. The number of hydrogen-bond acceptors (Lipinski definition) is 3. The van der Waals surface area contributed by atoms with Crippen LogP contribution in [0.15, 0.2) is 16.9 Å².